The molecular weight excluding hydrogens is 912 g/mol. The van der Waals surface area contributed by atoms with Crippen molar-refractivity contribution in [3.05, 3.63) is 72.9 Å². The number of phosphoric acid groups is 1. The maximum absolute atomic E-state index is 13.0. The van der Waals surface area contributed by atoms with Crippen LogP contribution in [0.3, 0.4) is 0 Å². The fourth-order valence-electron chi connectivity index (χ4n) is 8.70. The zero-order chi connectivity index (χ0) is 52.7. The first-order valence-electron chi connectivity index (χ1n) is 30.3. The number of carbonyl (C=O) groups excluding carboxylic acids is 1. The molecule has 0 spiro atoms. The number of quaternary nitrogens is 1. The van der Waals surface area contributed by atoms with Crippen LogP contribution in [0.4, 0.5) is 0 Å². The van der Waals surface area contributed by atoms with E-state index in [0.29, 0.717) is 17.4 Å². The van der Waals surface area contributed by atoms with Gasteiger partial charge >= 0.3 is 7.82 Å². The van der Waals surface area contributed by atoms with Crippen molar-refractivity contribution in [3.63, 3.8) is 0 Å². The van der Waals surface area contributed by atoms with Gasteiger partial charge < -0.3 is 19.8 Å². The van der Waals surface area contributed by atoms with E-state index in [-0.39, 0.29) is 19.1 Å². The first-order valence-corrected chi connectivity index (χ1v) is 31.8. The van der Waals surface area contributed by atoms with Crippen LogP contribution in [-0.4, -0.2) is 73.4 Å². The number of aliphatic hydroxyl groups is 1. The van der Waals surface area contributed by atoms with Crippen molar-refractivity contribution >= 4 is 13.7 Å². The molecule has 0 saturated carbocycles. The van der Waals surface area contributed by atoms with E-state index in [0.717, 1.165) is 64.2 Å². The number of allylic oxidation sites excluding steroid dienone is 11. The summed E-state index contributed by atoms with van der Waals surface area (Å²) in [5.41, 5.74) is 0. The van der Waals surface area contributed by atoms with Crippen molar-refractivity contribution in [2.75, 3.05) is 40.9 Å². The molecule has 0 heterocycles. The number of nitrogens with one attached hydrogen (secondary N) is 1. The Bertz CT molecular complexity index is 1400. The minimum absolute atomic E-state index is 0.0553. The van der Waals surface area contributed by atoms with Crippen molar-refractivity contribution in [1.82, 2.24) is 5.32 Å². The van der Waals surface area contributed by atoms with Gasteiger partial charge in [-0.2, -0.15) is 0 Å². The maximum atomic E-state index is 13.0. The Kier molecular flexibility index (Phi) is 52.2. The number of likely N-dealkylation sites (N-methyl/N-ethyl adjacent to an activating group) is 1. The molecular formula is C63H118N2O6P+. The Morgan fingerprint density at radius 3 is 1.28 bits per heavy atom. The summed E-state index contributed by atoms with van der Waals surface area (Å²) in [5.74, 6) is -0.185. The predicted molar refractivity (Wildman–Crippen MR) is 313 cm³/mol. The Balaban J connectivity index is 4.13. The van der Waals surface area contributed by atoms with Gasteiger partial charge in [0.15, 0.2) is 0 Å². The molecule has 0 rings (SSSR count). The maximum Gasteiger partial charge on any atom is 0.472 e. The first kappa shape index (κ1) is 69.9. The number of unbranched alkanes of at least 4 members (excludes halogenated alkanes) is 32. The van der Waals surface area contributed by atoms with E-state index in [1.165, 1.54) is 186 Å². The largest absolute Gasteiger partial charge is 0.472 e. The van der Waals surface area contributed by atoms with E-state index in [1.807, 2.05) is 27.2 Å². The van der Waals surface area contributed by atoms with Crippen LogP contribution in [-0.2, 0) is 18.4 Å². The lowest BCUT2D eigenvalue weighted by atomic mass is 10.0. The number of aliphatic hydroxyl groups excluding tert-OH is 1. The van der Waals surface area contributed by atoms with Crippen LogP contribution in [0.2, 0.25) is 0 Å². The highest BCUT2D eigenvalue weighted by Gasteiger charge is 2.27. The molecule has 0 fully saturated rings. The van der Waals surface area contributed by atoms with Gasteiger partial charge in [0, 0.05) is 6.42 Å². The topological polar surface area (TPSA) is 105 Å². The van der Waals surface area contributed by atoms with Gasteiger partial charge in [0.2, 0.25) is 5.91 Å². The molecule has 9 heteroatoms. The molecule has 420 valence electrons. The molecule has 0 radical (unpaired) electrons. The lowest BCUT2D eigenvalue weighted by Crippen LogP contribution is -2.45. The molecule has 0 aromatic heterocycles. The zero-order valence-electron chi connectivity index (χ0n) is 47.9. The second-order valence-electron chi connectivity index (χ2n) is 21.7. The lowest BCUT2D eigenvalue weighted by Gasteiger charge is -2.25. The summed E-state index contributed by atoms with van der Waals surface area (Å²) in [7, 11) is 1.56. The zero-order valence-corrected chi connectivity index (χ0v) is 48.8. The number of phosphoric ester groups is 1. The fraction of sp³-hybridized carbons (Fsp3) is 0.794. The second kappa shape index (κ2) is 53.8. The van der Waals surface area contributed by atoms with Crippen LogP contribution in [0.5, 0.6) is 0 Å². The summed E-state index contributed by atoms with van der Waals surface area (Å²) in [6.07, 6.45) is 74.5. The van der Waals surface area contributed by atoms with Crippen molar-refractivity contribution in [3.8, 4) is 0 Å². The monoisotopic (exact) mass is 1030 g/mol. The summed E-state index contributed by atoms with van der Waals surface area (Å²) < 4.78 is 23.7. The minimum Gasteiger partial charge on any atom is -0.387 e. The third-order valence-corrected chi connectivity index (χ3v) is 14.4. The average Bonchev–Trinajstić information content (AvgIpc) is 3.34. The van der Waals surface area contributed by atoms with Gasteiger partial charge in [-0.05, 0) is 70.6 Å². The first-order chi connectivity index (χ1) is 35.0. The number of rotatable bonds is 55. The number of hydrogen-bond acceptors (Lipinski definition) is 5. The summed E-state index contributed by atoms with van der Waals surface area (Å²) in [5, 5.41) is 13.9. The molecule has 0 bridgehead atoms. The molecule has 8 nitrogen and oxygen atoms in total. The quantitative estimate of drug-likeness (QED) is 0.0243. The van der Waals surface area contributed by atoms with E-state index in [4.69, 9.17) is 9.05 Å². The summed E-state index contributed by atoms with van der Waals surface area (Å²) in [4.78, 5) is 23.3. The van der Waals surface area contributed by atoms with Gasteiger partial charge in [0.1, 0.15) is 13.2 Å². The number of hydrogen-bond donors (Lipinski definition) is 3. The Morgan fingerprint density at radius 1 is 0.486 bits per heavy atom. The van der Waals surface area contributed by atoms with Crippen LogP contribution in [0.15, 0.2) is 72.9 Å². The van der Waals surface area contributed by atoms with E-state index >= 15 is 0 Å². The second-order valence-corrected chi connectivity index (χ2v) is 23.1. The van der Waals surface area contributed by atoms with Crippen molar-refractivity contribution in [2.24, 2.45) is 0 Å². The molecule has 0 aromatic carbocycles. The van der Waals surface area contributed by atoms with Crippen molar-refractivity contribution in [2.45, 2.75) is 283 Å². The molecule has 1 amide bonds. The molecule has 0 aliphatic carbocycles. The Labute approximate surface area is 446 Å². The number of nitrogens with zero attached hydrogens (tertiary/aromatic N) is 1. The minimum atomic E-state index is -4.36. The standard InChI is InChI=1S/C63H117N2O6P/c1-6-8-10-12-14-16-18-20-22-24-26-27-28-29-30-31-32-33-34-35-36-37-39-41-43-45-47-49-51-53-55-57-63(67)64-61(60-71-72(68,69)70-59-58-65(3,4)5)62(66)56-54-52-50-48-46-44-42-40-38-25-23-21-19-17-15-13-11-9-7-2/h8,10,14,16,20,22,26-27,46,48,54,56,61-62,66H,6-7,9,11-13,15,17-19,21,23-25,28-45,47,49-53,55,57-60H2,1-5H3,(H-,64,67,68,69)/p+1/b10-8-,16-14-,22-20-,27-26-,48-46+,56-54+. The van der Waals surface area contributed by atoms with E-state index in [9.17, 15) is 19.4 Å². The molecule has 0 aromatic rings. The third kappa shape index (κ3) is 55.7. The van der Waals surface area contributed by atoms with Crippen LogP contribution in [0.1, 0.15) is 271 Å². The lowest BCUT2D eigenvalue weighted by molar-refractivity contribution is -0.870. The normalized spacial score (nSPS) is 14.4. The summed E-state index contributed by atoms with van der Waals surface area (Å²) in [6.45, 7) is 4.71. The highest BCUT2D eigenvalue weighted by molar-refractivity contribution is 7.47. The van der Waals surface area contributed by atoms with Gasteiger partial charge in [0.05, 0.1) is 39.9 Å². The van der Waals surface area contributed by atoms with Crippen molar-refractivity contribution in [1.29, 1.82) is 0 Å². The predicted octanol–water partition coefficient (Wildman–Crippen LogP) is 18.7. The van der Waals surface area contributed by atoms with Crippen molar-refractivity contribution < 1.29 is 32.9 Å². The van der Waals surface area contributed by atoms with Gasteiger partial charge in [0.25, 0.3) is 0 Å². The smallest absolute Gasteiger partial charge is 0.387 e. The van der Waals surface area contributed by atoms with E-state index in [2.05, 4.69) is 79.9 Å². The van der Waals surface area contributed by atoms with E-state index < -0.39 is 20.0 Å². The summed E-state index contributed by atoms with van der Waals surface area (Å²) in [6, 6.07) is -0.865. The molecule has 3 unspecified atom stereocenters. The highest BCUT2D eigenvalue weighted by Crippen LogP contribution is 2.43. The average molecular weight is 1030 g/mol. The van der Waals surface area contributed by atoms with Gasteiger partial charge in [-0.15, -0.1) is 0 Å². The van der Waals surface area contributed by atoms with E-state index in [1.54, 1.807) is 6.08 Å². The number of carbonyl (C=O) groups is 1. The fourth-order valence-corrected chi connectivity index (χ4v) is 9.43. The van der Waals surface area contributed by atoms with Crippen LogP contribution in [0.25, 0.3) is 0 Å². The Morgan fingerprint density at radius 2 is 0.847 bits per heavy atom. The van der Waals surface area contributed by atoms with Crippen LogP contribution in [0, 0.1) is 0 Å². The van der Waals surface area contributed by atoms with Gasteiger partial charge in [-0.25, -0.2) is 4.57 Å². The molecule has 0 saturated heterocycles. The third-order valence-electron chi connectivity index (χ3n) is 13.4. The SMILES string of the molecule is CC/C=C\C/C=C\C/C=C\C/C=C\CCCCCCCCCCCCCCCCCCCCC(=O)NC(COP(=O)(O)OCC[N+](C)(C)C)C(O)/C=C/CC/C=C/CCCCCCCCCCCCCCC. The Hall–Kier alpha value is -2.06. The van der Waals surface area contributed by atoms with Gasteiger partial charge in [-0.1, -0.05) is 267 Å². The van der Waals surface area contributed by atoms with Crippen LogP contribution < -0.4 is 5.32 Å². The molecule has 3 N–H and O–H groups in total. The van der Waals surface area contributed by atoms with Gasteiger partial charge in [-0.3, -0.25) is 13.8 Å². The summed E-state index contributed by atoms with van der Waals surface area (Å²) >= 11 is 0. The molecule has 0 aliphatic heterocycles. The molecule has 3 atom stereocenters. The van der Waals surface area contributed by atoms with Crippen LogP contribution >= 0.6 is 7.82 Å². The molecule has 0 aliphatic rings. The number of amides is 1. The highest BCUT2D eigenvalue weighted by atomic mass is 31.2. The molecule has 72 heavy (non-hydrogen) atoms.